The highest BCUT2D eigenvalue weighted by atomic mass is 35.5. The number of aliphatic imine (C=N–C) groups is 1. The lowest BCUT2D eigenvalue weighted by atomic mass is 10.1. The maximum atomic E-state index is 14.1. The zero-order chi connectivity index (χ0) is 19.4. The molecule has 1 N–H and O–H groups in total. The topological polar surface area (TPSA) is 58.9 Å². The van der Waals surface area contributed by atoms with Gasteiger partial charge in [0.15, 0.2) is 0 Å². The number of rotatable bonds is 4. The van der Waals surface area contributed by atoms with Crippen LogP contribution in [0.25, 0.3) is 6.08 Å². The minimum Gasteiger partial charge on any atom is -0.506 e. The number of hydrogen-bond acceptors (Lipinski definition) is 5. The average Bonchev–Trinajstić information content (AvgIpc) is 2.94. The van der Waals surface area contributed by atoms with Gasteiger partial charge in [-0.15, -0.1) is 0 Å². The summed E-state index contributed by atoms with van der Waals surface area (Å²) >= 11 is 7.11. The summed E-state index contributed by atoms with van der Waals surface area (Å²) < 4.78 is 19.1. The second-order valence-corrected chi connectivity index (χ2v) is 6.88. The highest BCUT2D eigenvalue weighted by Gasteiger charge is 2.33. The lowest BCUT2D eigenvalue weighted by molar-refractivity contribution is -0.138. The number of esters is 1. The number of ether oxygens (including phenoxy) is 1. The van der Waals surface area contributed by atoms with E-state index in [1.54, 1.807) is 25.1 Å². The van der Waals surface area contributed by atoms with Crippen molar-refractivity contribution in [1.29, 1.82) is 0 Å². The SMILES string of the molecule is CCOC(=O)C1=C(O)C(=Cc2c(F)cccc2Cl)SC1=Nc1ccccc1. The highest BCUT2D eigenvalue weighted by Crippen LogP contribution is 2.41. The van der Waals surface area contributed by atoms with Gasteiger partial charge in [0.05, 0.1) is 22.2 Å². The molecule has 2 aromatic rings. The third-order valence-electron chi connectivity index (χ3n) is 3.63. The third kappa shape index (κ3) is 4.23. The molecular formula is C20H15ClFNO3S. The summed E-state index contributed by atoms with van der Waals surface area (Å²) in [6.45, 7) is 1.82. The number of carbonyl (C=O) groups excluding carboxylic acids is 1. The van der Waals surface area contributed by atoms with E-state index in [2.05, 4.69) is 4.99 Å². The molecule has 1 aliphatic rings. The molecule has 0 aromatic heterocycles. The molecule has 0 saturated carbocycles. The van der Waals surface area contributed by atoms with Crippen molar-refractivity contribution in [2.24, 2.45) is 4.99 Å². The standard InChI is InChI=1S/C20H15ClFNO3S/c1-2-26-20(25)17-18(24)16(11-13-14(21)9-6-10-15(13)22)27-19(17)23-12-7-4-3-5-8-12/h3-11,24H,2H2,1H3. The van der Waals surface area contributed by atoms with Crippen LogP contribution < -0.4 is 0 Å². The van der Waals surface area contributed by atoms with Crippen LogP contribution in [-0.2, 0) is 9.53 Å². The molecule has 4 nitrogen and oxygen atoms in total. The minimum absolute atomic E-state index is 0.0515. The van der Waals surface area contributed by atoms with Crippen LogP contribution in [0.5, 0.6) is 0 Å². The van der Waals surface area contributed by atoms with Crippen LogP contribution >= 0.6 is 23.4 Å². The van der Waals surface area contributed by atoms with Gasteiger partial charge in [-0.1, -0.05) is 47.6 Å². The van der Waals surface area contributed by atoms with Gasteiger partial charge in [-0.2, -0.15) is 0 Å². The second kappa shape index (κ2) is 8.41. The predicted octanol–water partition coefficient (Wildman–Crippen LogP) is 5.67. The Bertz CT molecular complexity index is 950. The fourth-order valence-corrected chi connectivity index (χ4v) is 3.63. The molecule has 0 fully saturated rings. The van der Waals surface area contributed by atoms with E-state index < -0.39 is 11.8 Å². The van der Waals surface area contributed by atoms with Gasteiger partial charge < -0.3 is 9.84 Å². The molecule has 0 bridgehead atoms. The van der Waals surface area contributed by atoms with Gasteiger partial charge in [0.1, 0.15) is 22.2 Å². The molecule has 0 radical (unpaired) electrons. The molecule has 0 spiro atoms. The van der Waals surface area contributed by atoms with Crippen molar-refractivity contribution in [3.8, 4) is 0 Å². The Balaban J connectivity index is 2.09. The Morgan fingerprint density at radius 2 is 2.00 bits per heavy atom. The molecular weight excluding hydrogens is 389 g/mol. The van der Waals surface area contributed by atoms with E-state index in [9.17, 15) is 14.3 Å². The summed E-state index contributed by atoms with van der Waals surface area (Å²) in [5.74, 6) is -1.54. The zero-order valence-corrected chi connectivity index (χ0v) is 15.9. The Hall–Kier alpha value is -2.57. The molecule has 0 unspecified atom stereocenters. The van der Waals surface area contributed by atoms with Gasteiger partial charge in [-0.25, -0.2) is 14.2 Å². The number of benzene rings is 2. The molecule has 27 heavy (non-hydrogen) atoms. The van der Waals surface area contributed by atoms with Gasteiger partial charge in [0.25, 0.3) is 0 Å². The maximum Gasteiger partial charge on any atom is 0.344 e. The summed E-state index contributed by atoms with van der Waals surface area (Å²) in [6, 6.07) is 13.3. The van der Waals surface area contributed by atoms with Crippen LogP contribution in [0.15, 0.2) is 69.8 Å². The number of aliphatic hydroxyl groups is 1. The van der Waals surface area contributed by atoms with Crippen molar-refractivity contribution < 1.29 is 19.0 Å². The number of carbonyl (C=O) groups is 1. The number of nitrogens with zero attached hydrogens (tertiary/aromatic N) is 1. The smallest absolute Gasteiger partial charge is 0.344 e. The van der Waals surface area contributed by atoms with Gasteiger partial charge >= 0.3 is 5.97 Å². The van der Waals surface area contributed by atoms with Gasteiger partial charge in [-0.05, 0) is 37.3 Å². The van der Waals surface area contributed by atoms with E-state index in [1.807, 2.05) is 18.2 Å². The minimum atomic E-state index is -0.694. The van der Waals surface area contributed by atoms with E-state index in [0.29, 0.717) is 5.69 Å². The van der Waals surface area contributed by atoms with Gasteiger partial charge in [0.2, 0.25) is 0 Å². The van der Waals surface area contributed by atoms with Crippen molar-refractivity contribution in [3.05, 3.63) is 81.2 Å². The normalized spacial score (nSPS) is 17.0. The number of aliphatic hydroxyl groups excluding tert-OH is 1. The molecule has 0 saturated heterocycles. The number of hydrogen-bond donors (Lipinski definition) is 1. The van der Waals surface area contributed by atoms with Crippen LogP contribution in [0.1, 0.15) is 12.5 Å². The van der Waals surface area contributed by atoms with Gasteiger partial charge in [0, 0.05) is 5.56 Å². The lowest BCUT2D eigenvalue weighted by Crippen LogP contribution is -2.12. The van der Waals surface area contributed by atoms with E-state index in [-0.39, 0.29) is 38.5 Å². The summed E-state index contributed by atoms with van der Waals surface area (Å²) in [5, 5.41) is 11.1. The molecule has 7 heteroatoms. The highest BCUT2D eigenvalue weighted by molar-refractivity contribution is 8.18. The summed E-state index contributed by atoms with van der Waals surface area (Å²) in [5.41, 5.74) is 0.682. The molecule has 0 aliphatic carbocycles. The van der Waals surface area contributed by atoms with E-state index in [4.69, 9.17) is 16.3 Å². The Morgan fingerprint density at radius 3 is 2.67 bits per heavy atom. The lowest BCUT2D eigenvalue weighted by Gasteiger charge is -2.03. The fourth-order valence-electron chi connectivity index (χ4n) is 2.39. The molecule has 2 aromatic carbocycles. The van der Waals surface area contributed by atoms with Crippen LogP contribution in [-0.4, -0.2) is 22.7 Å². The molecule has 3 rings (SSSR count). The first kappa shape index (κ1) is 19.2. The van der Waals surface area contributed by atoms with Gasteiger partial charge in [-0.3, -0.25) is 0 Å². The quantitative estimate of drug-likeness (QED) is 0.668. The largest absolute Gasteiger partial charge is 0.506 e. The summed E-state index contributed by atoms with van der Waals surface area (Å²) in [7, 11) is 0. The van der Waals surface area contributed by atoms with Crippen molar-refractivity contribution in [2.45, 2.75) is 6.92 Å². The van der Waals surface area contributed by atoms with Crippen molar-refractivity contribution in [1.82, 2.24) is 0 Å². The molecule has 0 amide bonds. The Labute approximate surface area is 165 Å². The third-order valence-corrected chi connectivity index (χ3v) is 4.98. The summed E-state index contributed by atoms with van der Waals surface area (Å²) in [6.07, 6.45) is 1.39. The van der Waals surface area contributed by atoms with Crippen LogP contribution in [0.2, 0.25) is 5.02 Å². The Morgan fingerprint density at radius 1 is 1.26 bits per heavy atom. The maximum absolute atomic E-state index is 14.1. The molecule has 0 atom stereocenters. The van der Waals surface area contributed by atoms with E-state index in [0.717, 1.165) is 11.8 Å². The van der Waals surface area contributed by atoms with Crippen molar-refractivity contribution in [3.63, 3.8) is 0 Å². The first-order valence-electron chi connectivity index (χ1n) is 8.09. The van der Waals surface area contributed by atoms with Crippen LogP contribution in [0, 0.1) is 5.82 Å². The van der Waals surface area contributed by atoms with Crippen LogP contribution in [0.4, 0.5) is 10.1 Å². The van der Waals surface area contributed by atoms with E-state index >= 15 is 0 Å². The monoisotopic (exact) mass is 403 g/mol. The fraction of sp³-hybridized carbons (Fsp3) is 0.100. The number of halogens is 2. The number of thioether (sulfide) groups is 1. The second-order valence-electron chi connectivity index (χ2n) is 5.44. The predicted molar refractivity (Wildman–Crippen MR) is 107 cm³/mol. The number of para-hydroxylation sites is 1. The molecule has 1 aliphatic heterocycles. The van der Waals surface area contributed by atoms with Crippen molar-refractivity contribution in [2.75, 3.05) is 6.61 Å². The molecule has 1 heterocycles. The van der Waals surface area contributed by atoms with Crippen LogP contribution in [0.3, 0.4) is 0 Å². The van der Waals surface area contributed by atoms with E-state index in [1.165, 1.54) is 18.2 Å². The first-order chi connectivity index (χ1) is 13.0. The summed E-state index contributed by atoms with van der Waals surface area (Å²) in [4.78, 5) is 17.0. The molecule has 138 valence electrons. The zero-order valence-electron chi connectivity index (χ0n) is 14.3. The Kier molecular flexibility index (Phi) is 5.98. The first-order valence-corrected chi connectivity index (χ1v) is 9.29. The average molecular weight is 404 g/mol. The van der Waals surface area contributed by atoms with Crippen molar-refractivity contribution >= 4 is 46.1 Å².